The molecule has 4 heteroatoms. The van der Waals surface area contributed by atoms with E-state index in [1.54, 1.807) is 0 Å². The molecule has 0 atom stereocenters. The topological polar surface area (TPSA) is 0 Å². The van der Waals surface area contributed by atoms with Gasteiger partial charge in [-0.15, -0.1) is 0 Å². The Hall–Kier alpha value is 0.868. The lowest BCUT2D eigenvalue weighted by atomic mass is 11.7. The van der Waals surface area contributed by atoms with E-state index < -0.39 is 0 Å². The normalized spacial score (nSPS) is 12.0. The zero-order chi connectivity index (χ0) is 6.62. The van der Waals surface area contributed by atoms with Gasteiger partial charge >= 0.3 is 0 Å². The van der Waals surface area contributed by atoms with Gasteiger partial charge in [-0.1, -0.05) is 23.5 Å². The fourth-order valence-corrected chi connectivity index (χ4v) is 3.38. The van der Waals surface area contributed by atoms with E-state index in [0.717, 1.165) is 28.6 Å². The summed E-state index contributed by atoms with van der Waals surface area (Å²) in [6.07, 6.45) is 0. The van der Waals surface area contributed by atoms with Gasteiger partial charge in [0.25, 0.3) is 0 Å². The van der Waals surface area contributed by atoms with Gasteiger partial charge in [0.15, 0.2) is 0 Å². The van der Waals surface area contributed by atoms with E-state index in [9.17, 15) is 0 Å². The van der Waals surface area contributed by atoms with Gasteiger partial charge < -0.3 is 0 Å². The van der Waals surface area contributed by atoms with Gasteiger partial charge in [-0.3, -0.25) is 0 Å². The third-order valence-electron chi connectivity index (χ3n) is 1.12. The molecule has 0 aliphatic rings. The molecule has 9 radical (unpaired) electrons. The SMILES string of the molecule is C[Si]C([Si])([Si]C)[Si]C. The summed E-state index contributed by atoms with van der Waals surface area (Å²) in [6.45, 7) is 6.79. The third-order valence-corrected chi connectivity index (χ3v) is 10.1. The minimum absolute atomic E-state index is 0.514. The van der Waals surface area contributed by atoms with Crippen LogP contribution in [0.25, 0.3) is 0 Å². The van der Waals surface area contributed by atoms with Crippen LogP contribution in [-0.4, -0.2) is 38.8 Å². The van der Waals surface area contributed by atoms with Gasteiger partial charge in [-0.25, -0.2) is 0 Å². The molecule has 0 N–H and O–H groups in total. The molecule has 0 aromatic heterocycles. The molecule has 0 fully saturated rings. The van der Waals surface area contributed by atoms with Crippen LogP contribution < -0.4 is 0 Å². The fraction of sp³-hybridized carbons (Fsp3) is 1.00. The van der Waals surface area contributed by atoms with Gasteiger partial charge in [0, 0.05) is 38.8 Å². The number of rotatable bonds is 3. The average molecular weight is 169 g/mol. The Kier molecular flexibility index (Phi) is 4.22. The van der Waals surface area contributed by atoms with Crippen molar-refractivity contribution in [2.45, 2.75) is 23.5 Å². The summed E-state index contributed by atoms with van der Waals surface area (Å²) in [7, 11) is 6.89. The van der Waals surface area contributed by atoms with Crippen LogP contribution in [0.15, 0.2) is 0 Å². The van der Waals surface area contributed by atoms with E-state index in [2.05, 4.69) is 29.9 Å². The van der Waals surface area contributed by atoms with Crippen molar-refractivity contribution in [1.82, 2.24) is 0 Å². The first-order valence-electron chi connectivity index (χ1n) is 2.50. The van der Waals surface area contributed by atoms with Crippen LogP contribution in [0.1, 0.15) is 0 Å². The number of hydrogen-bond donors (Lipinski definition) is 0. The highest BCUT2D eigenvalue weighted by Gasteiger charge is 2.17. The predicted octanol–water partition coefficient (Wildman–Crippen LogP) is 0.443. The molecule has 0 amide bonds. The lowest BCUT2D eigenvalue weighted by molar-refractivity contribution is 1.55. The first-order chi connectivity index (χ1) is 3.68. The Labute approximate surface area is 62.7 Å². The fourth-order valence-electron chi connectivity index (χ4n) is 0.375. The summed E-state index contributed by atoms with van der Waals surface area (Å²) in [5.41, 5.74) is 0. The first-order valence-corrected chi connectivity index (χ1v) is 7.50. The molecular weight excluding hydrogens is 160 g/mol. The Balaban J connectivity index is 3.58. The maximum Gasteiger partial charge on any atom is 0.0305 e. The van der Waals surface area contributed by atoms with Gasteiger partial charge in [-0.2, -0.15) is 0 Å². The highest BCUT2D eigenvalue weighted by Crippen LogP contribution is 2.13. The van der Waals surface area contributed by atoms with Crippen molar-refractivity contribution in [2.75, 3.05) is 0 Å². The van der Waals surface area contributed by atoms with Crippen molar-refractivity contribution in [3.63, 3.8) is 0 Å². The second-order valence-corrected chi connectivity index (χ2v) is 9.00. The average Bonchev–Trinajstić information content (AvgIpc) is 1.87. The summed E-state index contributed by atoms with van der Waals surface area (Å²) < 4.78 is 0.514. The minimum Gasteiger partial charge on any atom is -0.0736 e. The Morgan fingerprint density at radius 3 is 1.25 bits per heavy atom. The van der Waals surface area contributed by atoms with E-state index in [4.69, 9.17) is 0 Å². The zero-order valence-electron chi connectivity index (χ0n) is 5.50. The van der Waals surface area contributed by atoms with Crippen LogP contribution in [0.5, 0.6) is 0 Å². The Morgan fingerprint density at radius 2 is 1.25 bits per heavy atom. The summed E-state index contributed by atoms with van der Waals surface area (Å²) >= 11 is 0. The van der Waals surface area contributed by atoms with E-state index >= 15 is 0 Å². The molecule has 0 rings (SSSR count). The van der Waals surface area contributed by atoms with Crippen LogP contribution in [-0.2, 0) is 0 Å². The van der Waals surface area contributed by atoms with Gasteiger partial charge in [0.1, 0.15) is 0 Å². The largest absolute Gasteiger partial charge is 0.0736 e. The smallest absolute Gasteiger partial charge is 0.0305 e. The maximum absolute atomic E-state index is 3.77. The van der Waals surface area contributed by atoms with Crippen LogP contribution in [0.2, 0.25) is 23.5 Å². The predicted molar refractivity (Wildman–Crippen MR) is 43.3 cm³/mol. The van der Waals surface area contributed by atoms with Crippen molar-refractivity contribution in [2.24, 2.45) is 0 Å². The lowest BCUT2D eigenvalue weighted by Gasteiger charge is -2.21. The van der Waals surface area contributed by atoms with E-state index in [-0.39, 0.29) is 0 Å². The monoisotopic (exact) mass is 169 g/mol. The zero-order valence-corrected chi connectivity index (χ0v) is 9.50. The Bertz CT molecular complexity index is 50.8. The molecule has 0 aliphatic carbocycles. The molecule has 0 saturated carbocycles. The lowest BCUT2D eigenvalue weighted by Crippen LogP contribution is -2.29. The van der Waals surface area contributed by atoms with E-state index in [1.165, 1.54) is 0 Å². The molecule has 0 aromatic carbocycles. The molecule has 0 aromatic rings. The molecule has 8 heavy (non-hydrogen) atoms. The highest BCUT2D eigenvalue weighted by molar-refractivity contribution is 6.90. The van der Waals surface area contributed by atoms with Crippen LogP contribution >= 0.6 is 0 Å². The first kappa shape index (κ1) is 8.87. The van der Waals surface area contributed by atoms with E-state index in [1.807, 2.05) is 0 Å². The van der Waals surface area contributed by atoms with E-state index in [0.29, 0.717) is 3.91 Å². The highest BCUT2D eigenvalue weighted by atomic mass is 28.4. The molecule has 0 nitrogen and oxygen atoms in total. The summed E-state index contributed by atoms with van der Waals surface area (Å²) in [6, 6.07) is 0. The van der Waals surface area contributed by atoms with Crippen molar-refractivity contribution < 1.29 is 0 Å². The molecule has 0 aliphatic heterocycles. The van der Waals surface area contributed by atoms with Crippen molar-refractivity contribution in [3.8, 4) is 0 Å². The second kappa shape index (κ2) is 3.81. The molecule has 0 bridgehead atoms. The molecule has 0 saturated heterocycles. The summed E-state index contributed by atoms with van der Waals surface area (Å²) in [4.78, 5) is 0. The van der Waals surface area contributed by atoms with Crippen molar-refractivity contribution in [3.05, 3.63) is 0 Å². The van der Waals surface area contributed by atoms with Gasteiger partial charge in [0.2, 0.25) is 0 Å². The molecule has 0 heterocycles. The van der Waals surface area contributed by atoms with Crippen molar-refractivity contribution in [1.29, 1.82) is 0 Å². The molecule has 41 valence electrons. The minimum atomic E-state index is 0.514. The summed E-state index contributed by atoms with van der Waals surface area (Å²) in [5, 5.41) is 0. The standard InChI is InChI=1S/C4H9Si4/c1-6-4(5,7-2)8-3/h1-3H3. The van der Waals surface area contributed by atoms with Crippen LogP contribution in [0, 0.1) is 0 Å². The molecule has 0 unspecified atom stereocenters. The van der Waals surface area contributed by atoms with Crippen LogP contribution in [0.3, 0.4) is 0 Å². The third kappa shape index (κ3) is 2.43. The second-order valence-electron chi connectivity index (χ2n) is 1.50. The maximum atomic E-state index is 3.77. The summed E-state index contributed by atoms with van der Waals surface area (Å²) in [5.74, 6) is 0. The van der Waals surface area contributed by atoms with Gasteiger partial charge in [0.05, 0.1) is 0 Å². The van der Waals surface area contributed by atoms with Crippen LogP contribution in [0.4, 0.5) is 0 Å². The molecular formula is C4H9Si4. The van der Waals surface area contributed by atoms with Gasteiger partial charge in [-0.05, 0) is 0 Å². The Morgan fingerprint density at radius 1 is 1.00 bits per heavy atom. The van der Waals surface area contributed by atoms with Crippen molar-refractivity contribution >= 4 is 38.8 Å². The number of hydrogen-bond acceptors (Lipinski definition) is 0. The molecule has 0 spiro atoms. The quantitative estimate of drug-likeness (QED) is 0.538.